The maximum Gasteiger partial charge on any atom is 0.231 e. The summed E-state index contributed by atoms with van der Waals surface area (Å²) in [5.74, 6) is 0.571. The highest BCUT2D eigenvalue weighted by molar-refractivity contribution is 9.10. The molecular weight excluding hydrogens is 366 g/mol. The molecule has 1 atom stereocenters. The molecule has 3 aromatic rings. The van der Waals surface area contributed by atoms with Crippen LogP contribution in [0.5, 0.6) is 5.75 Å². The predicted octanol–water partition coefficient (Wildman–Crippen LogP) is 5.35. The van der Waals surface area contributed by atoms with Crippen molar-refractivity contribution >= 4 is 38.3 Å². The fraction of sp³-hybridized carbons (Fsp3) is 0.150. The Labute approximate surface area is 149 Å². The molecule has 122 valence electrons. The quantitative estimate of drug-likeness (QED) is 0.658. The normalized spacial score (nSPS) is 12.0. The van der Waals surface area contributed by atoms with E-state index in [0.29, 0.717) is 0 Å². The zero-order valence-electron chi connectivity index (χ0n) is 13.5. The van der Waals surface area contributed by atoms with E-state index in [4.69, 9.17) is 4.74 Å². The van der Waals surface area contributed by atoms with Crippen molar-refractivity contribution in [2.75, 3.05) is 12.4 Å². The molecule has 0 bridgehead atoms. The summed E-state index contributed by atoms with van der Waals surface area (Å²) in [6.07, 6.45) is 0. The molecule has 0 saturated heterocycles. The van der Waals surface area contributed by atoms with Crippen molar-refractivity contribution < 1.29 is 9.53 Å². The third-order valence-corrected chi connectivity index (χ3v) is 4.61. The summed E-state index contributed by atoms with van der Waals surface area (Å²) in [4.78, 5) is 12.5. The van der Waals surface area contributed by atoms with Gasteiger partial charge in [-0.2, -0.15) is 0 Å². The molecule has 0 radical (unpaired) electrons. The second-order valence-electron chi connectivity index (χ2n) is 5.69. The zero-order valence-corrected chi connectivity index (χ0v) is 15.1. The largest absolute Gasteiger partial charge is 0.497 e. The summed E-state index contributed by atoms with van der Waals surface area (Å²) >= 11 is 3.39. The van der Waals surface area contributed by atoms with Crippen LogP contribution in [0.3, 0.4) is 0 Å². The van der Waals surface area contributed by atoms with Crippen LogP contribution in [0, 0.1) is 0 Å². The van der Waals surface area contributed by atoms with Gasteiger partial charge in [-0.15, -0.1) is 0 Å². The molecule has 0 aromatic heterocycles. The Morgan fingerprint density at radius 1 is 1.00 bits per heavy atom. The second kappa shape index (κ2) is 7.05. The number of nitrogens with one attached hydrogen (secondary N) is 1. The Hall–Kier alpha value is -2.33. The SMILES string of the molecule is COc1ccc2cc(C(C)C(=O)Nc3ccc(Br)cc3)ccc2c1. The number of methoxy groups -OCH3 is 1. The van der Waals surface area contributed by atoms with Gasteiger partial charge in [0.2, 0.25) is 5.91 Å². The Balaban J connectivity index is 1.80. The van der Waals surface area contributed by atoms with Crippen molar-refractivity contribution in [3.63, 3.8) is 0 Å². The molecule has 3 rings (SSSR count). The number of carbonyl (C=O) groups is 1. The maximum atomic E-state index is 12.5. The molecule has 3 nitrogen and oxygen atoms in total. The van der Waals surface area contributed by atoms with E-state index in [1.165, 1.54) is 0 Å². The molecule has 0 saturated carbocycles. The van der Waals surface area contributed by atoms with E-state index in [9.17, 15) is 4.79 Å². The number of hydrogen-bond donors (Lipinski definition) is 1. The highest BCUT2D eigenvalue weighted by Gasteiger charge is 2.16. The third-order valence-electron chi connectivity index (χ3n) is 4.08. The van der Waals surface area contributed by atoms with E-state index < -0.39 is 0 Å². The molecule has 1 amide bonds. The average molecular weight is 384 g/mol. The first-order valence-corrected chi connectivity index (χ1v) is 8.50. The Kier molecular flexibility index (Phi) is 4.86. The van der Waals surface area contributed by atoms with E-state index in [-0.39, 0.29) is 11.8 Å². The lowest BCUT2D eigenvalue weighted by Gasteiger charge is -2.14. The first-order chi connectivity index (χ1) is 11.6. The van der Waals surface area contributed by atoms with Gasteiger partial charge in [-0.1, -0.05) is 40.2 Å². The molecule has 24 heavy (non-hydrogen) atoms. The van der Waals surface area contributed by atoms with Crippen LogP contribution in [0.2, 0.25) is 0 Å². The molecule has 0 heterocycles. The lowest BCUT2D eigenvalue weighted by atomic mass is 9.97. The van der Waals surface area contributed by atoms with Crippen LogP contribution in [-0.2, 0) is 4.79 Å². The molecule has 4 heteroatoms. The molecule has 1 unspecified atom stereocenters. The number of rotatable bonds is 4. The monoisotopic (exact) mass is 383 g/mol. The lowest BCUT2D eigenvalue weighted by molar-refractivity contribution is -0.117. The third kappa shape index (κ3) is 3.60. The smallest absolute Gasteiger partial charge is 0.231 e. The summed E-state index contributed by atoms with van der Waals surface area (Å²) in [5.41, 5.74) is 1.78. The lowest BCUT2D eigenvalue weighted by Crippen LogP contribution is -2.18. The first-order valence-electron chi connectivity index (χ1n) is 7.71. The predicted molar refractivity (Wildman–Crippen MR) is 102 cm³/mol. The van der Waals surface area contributed by atoms with Gasteiger partial charge in [-0.05, 0) is 59.7 Å². The van der Waals surface area contributed by atoms with Gasteiger partial charge in [0.25, 0.3) is 0 Å². The van der Waals surface area contributed by atoms with Crippen molar-refractivity contribution in [3.8, 4) is 5.75 Å². The van der Waals surface area contributed by atoms with E-state index in [1.807, 2.05) is 61.5 Å². The fourth-order valence-corrected chi connectivity index (χ4v) is 2.84. The minimum Gasteiger partial charge on any atom is -0.497 e. The first kappa shape index (κ1) is 16.5. The highest BCUT2D eigenvalue weighted by atomic mass is 79.9. The second-order valence-corrected chi connectivity index (χ2v) is 6.61. The molecular formula is C20H18BrNO2. The van der Waals surface area contributed by atoms with E-state index in [1.54, 1.807) is 7.11 Å². The van der Waals surface area contributed by atoms with Crippen LogP contribution in [0.4, 0.5) is 5.69 Å². The topological polar surface area (TPSA) is 38.3 Å². The number of carbonyl (C=O) groups excluding carboxylic acids is 1. The minimum atomic E-state index is -0.236. The van der Waals surface area contributed by atoms with Crippen molar-refractivity contribution in [2.45, 2.75) is 12.8 Å². The van der Waals surface area contributed by atoms with Gasteiger partial charge >= 0.3 is 0 Å². The van der Waals surface area contributed by atoms with Crippen molar-refractivity contribution in [2.24, 2.45) is 0 Å². The summed E-state index contributed by atoms with van der Waals surface area (Å²) in [6.45, 7) is 1.92. The number of hydrogen-bond acceptors (Lipinski definition) is 2. The summed E-state index contributed by atoms with van der Waals surface area (Å²) in [6, 6.07) is 19.6. The molecule has 0 aliphatic heterocycles. The van der Waals surface area contributed by atoms with Gasteiger partial charge in [0.05, 0.1) is 13.0 Å². The number of fused-ring (bicyclic) bond motifs is 1. The van der Waals surface area contributed by atoms with Crippen molar-refractivity contribution in [3.05, 3.63) is 70.7 Å². The van der Waals surface area contributed by atoms with E-state index in [2.05, 4.69) is 27.3 Å². The zero-order chi connectivity index (χ0) is 17.1. The van der Waals surface area contributed by atoms with Gasteiger partial charge in [0.1, 0.15) is 5.75 Å². The van der Waals surface area contributed by atoms with Crippen LogP contribution < -0.4 is 10.1 Å². The number of anilines is 1. The maximum absolute atomic E-state index is 12.5. The van der Waals surface area contributed by atoms with Crippen molar-refractivity contribution in [1.29, 1.82) is 0 Å². The van der Waals surface area contributed by atoms with Crippen LogP contribution >= 0.6 is 15.9 Å². The van der Waals surface area contributed by atoms with Crippen LogP contribution in [0.25, 0.3) is 10.8 Å². The van der Waals surface area contributed by atoms with Gasteiger partial charge < -0.3 is 10.1 Å². The van der Waals surface area contributed by atoms with Gasteiger partial charge in [-0.25, -0.2) is 0 Å². The molecule has 0 spiro atoms. The van der Waals surface area contributed by atoms with Gasteiger partial charge in [0.15, 0.2) is 0 Å². The number of benzene rings is 3. The minimum absolute atomic E-state index is 0.0230. The van der Waals surface area contributed by atoms with Gasteiger partial charge in [0, 0.05) is 10.2 Å². The van der Waals surface area contributed by atoms with Crippen LogP contribution in [0.15, 0.2) is 65.1 Å². The van der Waals surface area contributed by atoms with E-state index in [0.717, 1.165) is 32.2 Å². The standard InChI is InChI=1S/C20H18BrNO2/c1-13(20(23)22-18-8-6-17(21)7-9-18)14-3-4-16-12-19(24-2)10-5-15(16)11-14/h3-13H,1-2H3,(H,22,23). The van der Waals surface area contributed by atoms with Crippen LogP contribution in [0.1, 0.15) is 18.4 Å². The Bertz CT molecular complexity index is 874. The van der Waals surface area contributed by atoms with E-state index >= 15 is 0 Å². The molecule has 0 fully saturated rings. The Morgan fingerprint density at radius 2 is 1.67 bits per heavy atom. The number of halogens is 1. The molecule has 1 N–H and O–H groups in total. The number of ether oxygens (including phenoxy) is 1. The fourth-order valence-electron chi connectivity index (χ4n) is 2.57. The highest BCUT2D eigenvalue weighted by Crippen LogP contribution is 2.26. The molecule has 0 aliphatic carbocycles. The summed E-state index contributed by atoms with van der Waals surface area (Å²) in [5, 5.41) is 5.14. The average Bonchev–Trinajstić information content (AvgIpc) is 2.62. The van der Waals surface area contributed by atoms with Gasteiger partial charge in [-0.3, -0.25) is 4.79 Å². The summed E-state index contributed by atoms with van der Waals surface area (Å²) < 4.78 is 6.23. The Morgan fingerprint density at radius 3 is 2.38 bits per heavy atom. The molecule has 0 aliphatic rings. The van der Waals surface area contributed by atoms with Crippen LogP contribution in [-0.4, -0.2) is 13.0 Å². The summed E-state index contributed by atoms with van der Waals surface area (Å²) in [7, 11) is 1.66. The molecule has 3 aromatic carbocycles. The van der Waals surface area contributed by atoms with Crippen molar-refractivity contribution in [1.82, 2.24) is 0 Å². The number of amides is 1.